The van der Waals surface area contributed by atoms with E-state index in [2.05, 4.69) is 15.2 Å². The zero-order valence-corrected chi connectivity index (χ0v) is 19.4. The Hall–Kier alpha value is -3.08. The first-order valence-corrected chi connectivity index (χ1v) is 12.1. The highest BCUT2D eigenvalue weighted by molar-refractivity contribution is 7.89. The lowest BCUT2D eigenvalue weighted by Crippen LogP contribution is -2.40. The molecule has 2 aromatic carbocycles. The van der Waals surface area contributed by atoms with E-state index in [0.29, 0.717) is 38.1 Å². The molecule has 0 atom stereocenters. The number of nitrogens with one attached hydrogen (secondary N) is 1. The van der Waals surface area contributed by atoms with Crippen LogP contribution in [0, 0.1) is 13.8 Å². The van der Waals surface area contributed by atoms with Crippen LogP contribution in [0.1, 0.15) is 23.1 Å². The van der Waals surface area contributed by atoms with E-state index < -0.39 is 15.9 Å². The molecule has 1 saturated heterocycles. The third-order valence-corrected chi connectivity index (χ3v) is 7.54. The number of rotatable bonds is 6. The highest BCUT2D eigenvalue weighted by Crippen LogP contribution is 2.37. The molecule has 0 saturated carbocycles. The first-order valence-electron chi connectivity index (χ1n) is 10.7. The van der Waals surface area contributed by atoms with Crippen LogP contribution in [0.4, 0.5) is 5.69 Å². The van der Waals surface area contributed by atoms with Gasteiger partial charge in [-0.1, -0.05) is 23.8 Å². The maximum absolute atomic E-state index is 12.7. The number of aromatic hydroxyl groups is 1. The second-order valence-corrected chi connectivity index (χ2v) is 10.0. The van der Waals surface area contributed by atoms with Gasteiger partial charge in [-0.2, -0.15) is 4.31 Å². The highest BCUT2D eigenvalue weighted by atomic mass is 32.2. The van der Waals surface area contributed by atoms with Crippen molar-refractivity contribution >= 4 is 32.5 Å². The molecule has 4 rings (SSSR count). The fourth-order valence-electron chi connectivity index (χ4n) is 3.90. The van der Waals surface area contributed by atoms with Crippen molar-refractivity contribution in [3.8, 4) is 5.88 Å². The van der Waals surface area contributed by atoms with E-state index >= 15 is 0 Å². The molecule has 0 spiro atoms. The van der Waals surface area contributed by atoms with E-state index in [1.54, 1.807) is 24.3 Å². The number of aryl methyl sites for hydroxylation is 3. The zero-order chi connectivity index (χ0) is 23.6. The molecule has 2 N–H and O–H groups in total. The number of hydrogen-bond acceptors (Lipinski definition) is 6. The molecule has 9 nitrogen and oxygen atoms in total. The number of hydrogen-bond donors (Lipinski definition) is 2. The number of nitrogens with zero attached hydrogens (tertiary/aromatic N) is 3. The van der Waals surface area contributed by atoms with Gasteiger partial charge in [-0.05, 0) is 49.6 Å². The van der Waals surface area contributed by atoms with Gasteiger partial charge in [-0.25, -0.2) is 8.42 Å². The van der Waals surface area contributed by atoms with Gasteiger partial charge in [0.15, 0.2) is 5.69 Å². The van der Waals surface area contributed by atoms with Crippen LogP contribution in [0.15, 0.2) is 51.5 Å². The summed E-state index contributed by atoms with van der Waals surface area (Å²) in [6, 6.07) is 10.4. The summed E-state index contributed by atoms with van der Waals surface area (Å²) < 4.78 is 32.0. The summed E-state index contributed by atoms with van der Waals surface area (Å²) in [6.45, 7) is 5.34. The maximum atomic E-state index is 12.7. The first-order chi connectivity index (χ1) is 15.8. The van der Waals surface area contributed by atoms with Gasteiger partial charge in [0, 0.05) is 24.9 Å². The minimum absolute atomic E-state index is 0.111. The summed E-state index contributed by atoms with van der Waals surface area (Å²) in [5, 5.41) is 18.6. The third-order valence-electron chi connectivity index (χ3n) is 5.62. The smallest absolute Gasteiger partial charge is 0.265 e. The van der Waals surface area contributed by atoms with Gasteiger partial charge in [-0.15, -0.1) is 10.2 Å². The predicted octanol–water partition coefficient (Wildman–Crippen LogP) is 3.75. The summed E-state index contributed by atoms with van der Waals surface area (Å²) >= 11 is 0. The summed E-state index contributed by atoms with van der Waals surface area (Å²) in [5.74, 6) is -0.564. The fourth-order valence-corrected chi connectivity index (χ4v) is 5.31. The summed E-state index contributed by atoms with van der Waals surface area (Å²) in [6.07, 6.45) is 0.508. The number of H-pyrrole nitrogens is 1. The van der Waals surface area contributed by atoms with Crippen LogP contribution in [-0.4, -0.2) is 55.0 Å². The molecular formula is C23H26N4O5S. The van der Waals surface area contributed by atoms with Crippen LogP contribution in [0.2, 0.25) is 0 Å². The molecule has 3 aromatic rings. The van der Waals surface area contributed by atoms with Gasteiger partial charge < -0.3 is 14.8 Å². The first kappa shape index (κ1) is 23.1. The van der Waals surface area contributed by atoms with E-state index in [-0.39, 0.29) is 22.9 Å². The van der Waals surface area contributed by atoms with Crippen molar-refractivity contribution in [1.82, 2.24) is 9.29 Å². The Morgan fingerprint density at radius 3 is 2.55 bits per heavy atom. The van der Waals surface area contributed by atoms with E-state index in [1.807, 2.05) is 26.0 Å². The van der Waals surface area contributed by atoms with Gasteiger partial charge >= 0.3 is 0 Å². The van der Waals surface area contributed by atoms with Crippen LogP contribution < -0.4 is 0 Å². The molecule has 2 heterocycles. The second-order valence-electron chi connectivity index (χ2n) is 8.08. The average molecular weight is 471 g/mol. The van der Waals surface area contributed by atoms with Gasteiger partial charge in [0.25, 0.3) is 5.91 Å². The average Bonchev–Trinajstić information content (AvgIpc) is 3.12. The molecule has 1 aliphatic rings. The van der Waals surface area contributed by atoms with Crippen molar-refractivity contribution in [3.63, 3.8) is 0 Å². The quantitative estimate of drug-likeness (QED) is 0.531. The van der Waals surface area contributed by atoms with Crippen LogP contribution in [0.5, 0.6) is 5.88 Å². The molecule has 1 aromatic heterocycles. The lowest BCUT2D eigenvalue weighted by atomic mass is 10.1. The lowest BCUT2D eigenvalue weighted by Gasteiger charge is -2.26. The molecular weight excluding hydrogens is 444 g/mol. The van der Waals surface area contributed by atoms with Gasteiger partial charge in [0.2, 0.25) is 15.9 Å². The molecule has 0 radical (unpaired) electrons. The van der Waals surface area contributed by atoms with E-state index in [1.165, 1.54) is 4.31 Å². The summed E-state index contributed by atoms with van der Waals surface area (Å²) in [4.78, 5) is 15.4. The molecule has 10 heteroatoms. The lowest BCUT2D eigenvalue weighted by molar-refractivity contribution is -0.118. The molecule has 1 fully saturated rings. The largest absolute Gasteiger partial charge is 0.493 e. The van der Waals surface area contributed by atoms with E-state index in [9.17, 15) is 18.3 Å². The number of fused-ring (bicyclic) bond motifs is 1. The molecule has 1 amide bonds. The van der Waals surface area contributed by atoms with Gasteiger partial charge in [-0.3, -0.25) is 4.79 Å². The normalized spacial score (nSPS) is 15.5. The standard InChI is InChI=1S/C23H26N4O5S/c1-15-13-16(2)21-19(14-15)22(23(29)24-21)26-25-20(28)8-5-17-3-6-18(7-4-17)33(30,31)27-9-11-32-12-10-27/h3-4,6-7,13-14,24,29H,5,8-12H2,1-2H3. The minimum Gasteiger partial charge on any atom is -0.493 e. The number of carbonyl (C=O) groups is 1. The SMILES string of the molecule is Cc1cc(C)c2[nH]c(O)c(N=NC(=O)CCc3ccc(S(=O)(=O)N4CCOCC4)cc3)c2c1. The second kappa shape index (κ2) is 9.42. The molecule has 174 valence electrons. The number of sulfonamides is 1. The Balaban J connectivity index is 1.40. The van der Waals surface area contributed by atoms with Crippen molar-refractivity contribution in [1.29, 1.82) is 0 Å². The number of benzene rings is 2. The number of ether oxygens (including phenoxy) is 1. The summed E-state index contributed by atoms with van der Waals surface area (Å²) in [7, 11) is -3.55. The van der Waals surface area contributed by atoms with Crippen LogP contribution >= 0.6 is 0 Å². The number of carbonyl (C=O) groups excluding carboxylic acids is 1. The molecule has 0 unspecified atom stereocenters. The fraction of sp³-hybridized carbons (Fsp3) is 0.348. The van der Waals surface area contributed by atoms with Crippen LogP contribution in [0.25, 0.3) is 10.9 Å². The third kappa shape index (κ3) is 4.97. The minimum atomic E-state index is -3.55. The Morgan fingerprint density at radius 1 is 1.15 bits per heavy atom. The maximum Gasteiger partial charge on any atom is 0.265 e. The van der Waals surface area contributed by atoms with Crippen molar-refractivity contribution in [3.05, 3.63) is 53.1 Å². The predicted molar refractivity (Wildman–Crippen MR) is 123 cm³/mol. The van der Waals surface area contributed by atoms with Crippen molar-refractivity contribution in [2.24, 2.45) is 10.2 Å². The van der Waals surface area contributed by atoms with Crippen molar-refractivity contribution in [2.45, 2.75) is 31.6 Å². The number of amides is 1. The van der Waals surface area contributed by atoms with Crippen molar-refractivity contribution in [2.75, 3.05) is 26.3 Å². The van der Waals surface area contributed by atoms with Crippen LogP contribution in [0.3, 0.4) is 0 Å². The Bertz CT molecular complexity index is 1310. The topological polar surface area (TPSA) is 124 Å². The zero-order valence-electron chi connectivity index (χ0n) is 18.5. The number of aromatic amines is 1. The number of azo groups is 1. The monoisotopic (exact) mass is 470 g/mol. The van der Waals surface area contributed by atoms with Crippen LogP contribution in [-0.2, 0) is 26.0 Å². The van der Waals surface area contributed by atoms with Gasteiger partial charge in [0.05, 0.1) is 23.6 Å². The number of aromatic nitrogens is 1. The van der Waals surface area contributed by atoms with Crippen molar-refractivity contribution < 1.29 is 23.1 Å². The summed E-state index contributed by atoms with van der Waals surface area (Å²) in [5.41, 5.74) is 3.79. The Labute approximate surface area is 192 Å². The Kier molecular flexibility index (Phi) is 6.59. The molecule has 33 heavy (non-hydrogen) atoms. The number of morpholine rings is 1. The molecule has 1 aliphatic heterocycles. The van der Waals surface area contributed by atoms with E-state index in [4.69, 9.17) is 4.74 Å². The van der Waals surface area contributed by atoms with Gasteiger partial charge in [0.1, 0.15) is 0 Å². The highest BCUT2D eigenvalue weighted by Gasteiger charge is 2.26. The molecule has 0 aliphatic carbocycles. The molecule has 0 bridgehead atoms. The van der Waals surface area contributed by atoms with E-state index in [0.717, 1.165) is 22.2 Å². The Morgan fingerprint density at radius 2 is 1.85 bits per heavy atom.